The van der Waals surface area contributed by atoms with Crippen LogP contribution < -0.4 is 5.32 Å². The molecule has 4 bridgehead atoms. The molecular weight excluding hydrogens is 638 g/mol. The molecule has 2 aliphatic heterocycles. The number of ketones is 3. The van der Waals surface area contributed by atoms with Crippen LogP contribution in [0.25, 0.3) is 0 Å². The minimum Gasteiger partial charge on any atom is -0.507 e. The van der Waals surface area contributed by atoms with Gasteiger partial charge in [0.15, 0.2) is 11.6 Å². The number of benzene rings is 1. The lowest BCUT2D eigenvalue weighted by Crippen LogP contribution is -2.32. The van der Waals surface area contributed by atoms with Crippen LogP contribution in [0.3, 0.4) is 0 Å². The average Bonchev–Trinajstić information content (AvgIpc) is 3.07. The van der Waals surface area contributed by atoms with Crippen molar-refractivity contribution in [3.8, 4) is 5.75 Å². The summed E-state index contributed by atoms with van der Waals surface area (Å²) in [5.74, 6) is -4.53. The van der Waals surface area contributed by atoms with E-state index in [0.29, 0.717) is 5.57 Å². The Bertz CT molecular complexity index is 1720. The standard InChI is InChI=1S/C40H49NO9/c1-21-11-9-8-10-12-24(4)40(50)41-30-19-33(45)34-29(39(30)49)18-27(7)38(48)35(34)37(47)26(6)17-25(5)36(46)23(3)14-16-28(42)15-13-22(2)32(44)20-31(21)43/h8-14,16-19,21,23,25,28,31-32,36,42-44,46,48H,15,20H2,1-7H3,(H,41,50)/b10-8-,11-9-,16-14+,22-13+,24-12+,26-17-/t21-,23+,25-,28-,31-,32-,36-/m1/s1. The molecule has 0 radical (unpaired) electrons. The molecule has 1 amide bonds. The van der Waals surface area contributed by atoms with E-state index in [-0.39, 0.29) is 57.9 Å². The predicted octanol–water partition coefficient (Wildman–Crippen LogP) is 4.92. The van der Waals surface area contributed by atoms with Crippen LogP contribution >= 0.6 is 0 Å². The normalized spacial score (nSPS) is 33.2. The highest BCUT2D eigenvalue weighted by Crippen LogP contribution is 2.35. The highest BCUT2D eigenvalue weighted by Gasteiger charge is 2.34. The first-order valence-corrected chi connectivity index (χ1v) is 16.7. The quantitative estimate of drug-likeness (QED) is 0.207. The molecule has 4 rings (SSSR count). The van der Waals surface area contributed by atoms with Crippen molar-refractivity contribution in [2.75, 3.05) is 0 Å². The smallest absolute Gasteiger partial charge is 0.251 e. The molecule has 2 heterocycles. The van der Waals surface area contributed by atoms with Crippen LogP contribution in [-0.4, -0.2) is 73.2 Å². The lowest BCUT2D eigenvalue weighted by atomic mass is 9.83. The van der Waals surface area contributed by atoms with Crippen molar-refractivity contribution in [1.29, 1.82) is 0 Å². The second kappa shape index (κ2) is 17.4. The van der Waals surface area contributed by atoms with E-state index in [4.69, 9.17) is 0 Å². The van der Waals surface area contributed by atoms with Crippen LogP contribution in [0, 0.1) is 24.7 Å². The molecular formula is C40H49NO9. The molecule has 10 heteroatoms. The summed E-state index contributed by atoms with van der Waals surface area (Å²) in [6.07, 6.45) is 12.2. The van der Waals surface area contributed by atoms with Crippen LogP contribution in [0.15, 0.2) is 89.2 Å². The van der Waals surface area contributed by atoms with Gasteiger partial charge in [-0.1, -0.05) is 75.5 Å². The molecule has 7 atom stereocenters. The van der Waals surface area contributed by atoms with E-state index in [2.05, 4.69) is 5.32 Å². The van der Waals surface area contributed by atoms with Gasteiger partial charge in [-0.2, -0.15) is 0 Å². The molecule has 1 aliphatic carbocycles. The number of aromatic hydroxyl groups is 1. The molecule has 0 aromatic heterocycles. The maximum Gasteiger partial charge on any atom is 0.251 e. The van der Waals surface area contributed by atoms with E-state index >= 15 is 0 Å². The van der Waals surface area contributed by atoms with Gasteiger partial charge in [0.25, 0.3) is 5.91 Å². The van der Waals surface area contributed by atoms with Gasteiger partial charge in [0.1, 0.15) is 5.75 Å². The molecule has 1 aromatic rings. The van der Waals surface area contributed by atoms with E-state index < -0.39 is 65.3 Å². The van der Waals surface area contributed by atoms with Crippen molar-refractivity contribution in [2.24, 2.45) is 17.8 Å². The molecule has 3 aliphatic rings. The van der Waals surface area contributed by atoms with Crippen molar-refractivity contribution in [3.05, 3.63) is 111 Å². The Hall–Kier alpha value is -4.48. The molecule has 0 fully saturated rings. The average molecular weight is 688 g/mol. The maximum atomic E-state index is 13.8. The van der Waals surface area contributed by atoms with Crippen molar-refractivity contribution in [2.45, 2.75) is 85.7 Å². The number of amides is 1. The Kier molecular flexibility index (Phi) is 13.9. The minimum absolute atomic E-state index is 0.0843. The van der Waals surface area contributed by atoms with Crippen molar-refractivity contribution < 1.29 is 44.7 Å². The van der Waals surface area contributed by atoms with Crippen LogP contribution in [0.5, 0.6) is 5.75 Å². The highest BCUT2D eigenvalue weighted by molar-refractivity contribution is 6.30. The first kappa shape index (κ1) is 40.0. The topological polar surface area (TPSA) is 181 Å². The van der Waals surface area contributed by atoms with Gasteiger partial charge in [-0.25, -0.2) is 0 Å². The summed E-state index contributed by atoms with van der Waals surface area (Å²) in [6, 6.07) is 1.31. The second-order valence-corrected chi connectivity index (χ2v) is 13.4. The summed E-state index contributed by atoms with van der Waals surface area (Å²) in [7, 11) is 0. The number of carbonyl (C=O) groups excluding carboxylic acids is 4. The largest absolute Gasteiger partial charge is 0.507 e. The third-order valence-corrected chi connectivity index (χ3v) is 9.18. The van der Waals surface area contributed by atoms with Gasteiger partial charge >= 0.3 is 0 Å². The lowest BCUT2D eigenvalue weighted by molar-refractivity contribution is -0.116. The Morgan fingerprint density at radius 2 is 1.44 bits per heavy atom. The number of carbonyl (C=O) groups is 4. The Balaban J connectivity index is 2.04. The van der Waals surface area contributed by atoms with Gasteiger partial charge < -0.3 is 30.8 Å². The number of phenolic OH excluding ortho intramolecular Hbond substituents is 1. The third kappa shape index (κ3) is 9.82. The maximum absolute atomic E-state index is 13.8. The highest BCUT2D eigenvalue weighted by atomic mass is 16.3. The fourth-order valence-electron chi connectivity index (χ4n) is 5.71. The van der Waals surface area contributed by atoms with E-state index in [9.17, 15) is 44.7 Å². The summed E-state index contributed by atoms with van der Waals surface area (Å²) < 4.78 is 0. The van der Waals surface area contributed by atoms with Crippen LogP contribution in [0.1, 0.15) is 91.0 Å². The van der Waals surface area contributed by atoms with Crippen molar-refractivity contribution >= 4 is 23.3 Å². The monoisotopic (exact) mass is 687 g/mol. The van der Waals surface area contributed by atoms with Gasteiger partial charge in [0.2, 0.25) is 5.78 Å². The van der Waals surface area contributed by atoms with E-state index in [0.717, 1.165) is 6.08 Å². The number of nitrogens with one attached hydrogen (secondary N) is 1. The number of allylic oxidation sites excluding steroid dienone is 7. The molecule has 1 aromatic carbocycles. The molecule has 6 N–H and O–H groups in total. The molecule has 0 unspecified atom stereocenters. The number of phenols is 1. The number of hydrogen-bond donors (Lipinski definition) is 6. The van der Waals surface area contributed by atoms with Gasteiger partial charge in [-0.05, 0) is 56.9 Å². The molecule has 10 nitrogen and oxygen atoms in total. The number of aliphatic hydroxyl groups excluding tert-OH is 4. The number of fused-ring (bicyclic) bond motifs is 18. The first-order chi connectivity index (χ1) is 23.4. The zero-order valence-corrected chi connectivity index (χ0v) is 29.7. The molecule has 0 saturated heterocycles. The predicted molar refractivity (Wildman–Crippen MR) is 192 cm³/mol. The molecule has 0 saturated carbocycles. The summed E-state index contributed by atoms with van der Waals surface area (Å²) in [5.41, 5.74) is 0.137. The summed E-state index contributed by atoms with van der Waals surface area (Å²) >= 11 is 0. The van der Waals surface area contributed by atoms with Gasteiger partial charge in [0, 0.05) is 47.0 Å². The minimum atomic E-state index is -0.973. The molecule has 0 spiro atoms. The lowest BCUT2D eigenvalue weighted by Gasteiger charge is -2.22. The third-order valence-electron chi connectivity index (χ3n) is 9.18. The van der Waals surface area contributed by atoms with Gasteiger partial charge in [-0.3, -0.25) is 19.2 Å². The fraction of sp³-hybridized carbons (Fsp3) is 0.400. The molecule has 268 valence electrons. The second-order valence-electron chi connectivity index (χ2n) is 13.4. The fourth-order valence-corrected chi connectivity index (χ4v) is 5.71. The Morgan fingerprint density at radius 3 is 2.12 bits per heavy atom. The number of aryl methyl sites for hydroxylation is 1. The SMILES string of the molecule is C/C1=C/[C@@H](C)[C@H](O)[C@@H](C)/C=C/[C@H](O)C/C=C(\C)[C@H](O)C[C@@H](O)[C@H](C)\C=C/C=C\C=C(/C)C(=O)NC2=CC(=O)c3c(cc(C)c(O)c3C1=O)C2=O. The Labute approximate surface area is 293 Å². The number of aliphatic hydroxyl groups is 4. The Morgan fingerprint density at radius 1 is 0.760 bits per heavy atom. The van der Waals surface area contributed by atoms with Gasteiger partial charge in [-0.15, -0.1) is 0 Å². The van der Waals surface area contributed by atoms with E-state index in [1.807, 2.05) is 0 Å². The number of rotatable bonds is 0. The van der Waals surface area contributed by atoms with E-state index in [1.54, 1.807) is 70.2 Å². The summed E-state index contributed by atoms with van der Waals surface area (Å²) in [5, 5.41) is 56.3. The zero-order chi connectivity index (χ0) is 37.4. The van der Waals surface area contributed by atoms with Crippen LogP contribution in [0.2, 0.25) is 0 Å². The van der Waals surface area contributed by atoms with Crippen LogP contribution in [0.4, 0.5) is 0 Å². The summed E-state index contributed by atoms with van der Waals surface area (Å²) in [4.78, 5) is 53.6. The number of hydrogen-bond acceptors (Lipinski definition) is 9. The molecule has 50 heavy (non-hydrogen) atoms. The summed E-state index contributed by atoms with van der Waals surface area (Å²) in [6.45, 7) is 11.5. The van der Waals surface area contributed by atoms with E-state index in [1.165, 1.54) is 39.0 Å². The zero-order valence-electron chi connectivity index (χ0n) is 29.7. The first-order valence-electron chi connectivity index (χ1n) is 16.7. The van der Waals surface area contributed by atoms with Crippen LogP contribution in [-0.2, 0) is 4.79 Å². The number of Topliss-reactive ketones (excluding diaryl/α,β-unsaturated/α-hetero) is 2. The van der Waals surface area contributed by atoms with Gasteiger partial charge in [0.05, 0.1) is 35.7 Å². The van der Waals surface area contributed by atoms with Crippen molar-refractivity contribution in [1.82, 2.24) is 5.32 Å². The van der Waals surface area contributed by atoms with Crippen molar-refractivity contribution in [3.63, 3.8) is 0 Å².